The molecule has 0 amide bonds. The van der Waals surface area contributed by atoms with E-state index in [0.29, 0.717) is 17.0 Å². The summed E-state index contributed by atoms with van der Waals surface area (Å²) >= 11 is 1.49. The highest BCUT2D eigenvalue weighted by Gasteiger charge is 2.17. The van der Waals surface area contributed by atoms with Crippen LogP contribution in [0, 0.1) is 0 Å². The van der Waals surface area contributed by atoms with Crippen molar-refractivity contribution in [2.45, 2.75) is 6.42 Å². The predicted octanol–water partition coefficient (Wildman–Crippen LogP) is 3.54. The van der Waals surface area contributed by atoms with E-state index in [0.717, 1.165) is 5.56 Å². The molecule has 0 aliphatic rings. The van der Waals surface area contributed by atoms with Gasteiger partial charge >= 0.3 is 5.97 Å². The summed E-state index contributed by atoms with van der Waals surface area (Å²) in [5.74, 6) is -0.323. The number of carboxylic acids is 1. The van der Waals surface area contributed by atoms with Crippen molar-refractivity contribution >= 4 is 29.0 Å². The monoisotopic (exact) mass is 388 g/mol. The molecule has 27 heavy (non-hydrogen) atoms. The Balaban J connectivity index is 2.04. The number of nitrogens with zero attached hydrogens (tertiary/aromatic N) is 2. The van der Waals surface area contributed by atoms with Crippen LogP contribution in [0.25, 0.3) is 23.0 Å². The van der Waals surface area contributed by atoms with Crippen LogP contribution < -0.4 is 9.47 Å². The number of hydrogen-bond acceptors (Lipinski definition) is 8. The Kier molecular flexibility index (Phi) is 5.41. The highest BCUT2D eigenvalue weighted by molar-refractivity contribution is 7.08. The Morgan fingerprint density at radius 3 is 2.56 bits per heavy atom. The van der Waals surface area contributed by atoms with Crippen LogP contribution in [0.2, 0.25) is 0 Å². The number of rotatable bonds is 7. The fourth-order valence-corrected chi connectivity index (χ4v) is 3.05. The molecular weight excluding hydrogens is 372 g/mol. The van der Waals surface area contributed by atoms with E-state index >= 15 is 0 Å². The summed E-state index contributed by atoms with van der Waals surface area (Å²) in [6, 6.07) is 4.95. The van der Waals surface area contributed by atoms with Crippen molar-refractivity contribution in [3.63, 3.8) is 0 Å². The van der Waals surface area contributed by atoms with Gasteiger partial charge in [0.15, 0.2) is 11.5 Å². The Labute approximate surface area is 158 Å². The van der Waals surface area contributed by atoms with Gasteiger partial charge in [-0.1, -0.05) is 5.16 Å². The van der Waals surface area contributed by atoms with Gasteiger partial charge in [0, 0.05) is 16.5 Å². The van der Waals surface area contributed by atoms with E-state index < -0.39 is 5.97 Å². The normalized spacial score (nSPS) is 11.4. The number of methoxy groups -OCH3 is 2. The van der Waals surface area contributed by atoms with Gasteiger partial charge in [0.05, 0.1) is 20.6 Å². The summed E-state index contributed by atoms with van der Waals surface area (Å²) in [5, 5.41) is 26.9. The van der Waals surface area contributed by atoms with Crippen molar-refractivity contribution in [3.8, 4) is 28.6 Å². The third-order valence-electron chi connectivity index (χ3n) is 3.66. The fraction of sp³-hybridized carbons (Fsp3) is 0.167. The second kappa shape index (κ2) is 7.92. The molecule has 2 N–H and O–H groups in total. The van der Waals surface area contributed by atoms with Gasteiger partial charge in [-0.3, -0.25) is 4.79 Å². The second-order valence-electron chi connectivity index (χ2n) is 5.45. The van der Waals surface area contributed by atoms with E-state index in [4.69, 9.17) is 14.0 Å². The average molecular weight is 388 g/mol. The van der Waals surface area contributed by atoms with Crippen LogP contribution in [-0.2, 0) is 4.79 Å². The van der Waals surface area contributed by atoms with Crippen LogP contribution in [-0.4, -0.2) is 40.5 Å². The van der Waals surface area contributed by atoms with E-state index in [1.165, 1.54) is 25.6 Å². The standard InChI is InChI=1S/C18H16N2O6S/c1-24-13-6-10(7-14(25-2)16(13)23)5-12(8-15(21)22)18-19-17(20-26-18)11-3-4-27-9-11/h3-7,9,23H,8H2,1-2H3,(H,21,22)/b12-5+. The number of hydrogen-bond donors (Lipinski definition) is 2. The number of carbonyl (C=O) groups is 1. The largest absolute Gasteiger partial charge is 0.502 e. The molecule has 2 aromatic heterocycles. The SMILES string of the molecule is COc1cc(/C=C(\CC(=O)O)c2nc(-c3ccsc3)no2)cc(OC)c1O. The fourth-order valence-electron chi connectivity index (χ4n) is 2.41. The minimum atomic E-state index is -1.05. The summed E-state index contributed by atoms with van der Waals surface area (Å²) in [4.78, 5) is 15.6. The number of ether oxygens (including phenoxy) is 2. The summed E-state index contributed by atoms with van der Waals surface area (Å²) in [7, 11) is 2.82. The molecule has 0 unspecified atom stereocenters. The summed E-state index contributed by atoms with van der Waals surface area (Å²) in [5.41, 5.74) is 1.65. The average Bonchev–Trinajstić information content (AvgIpc) is 3.33. The molecule has 0 atom stereocenters. The van der Waals surface area contributed by atoms with Crippen LogP contribution in [0.3, 0.4) is 0 Å². The minimum absolute atomic E-state index is 0.101. The van der Waals surface area contributed by atoms with Gasteiger partial charge in [-0.15, -0.1) is 0 Å². The number of benzene rings is 1. The number of aliphatic carboxylic acids is 1. The molecule has 0 saturated carbocycles. The van der Waals surface area contributed by atoms with E-state index in [1.54, 1.807) is 18.2 Å². The molecule has 3 aromatic rings. The maximum absolute atomic E-state index is 11.3. The molecule has 1 aromatic carbocycles. The first-order valence-corrected chi connectivity index (χ1v) is 8.70. The number of phenols is 1. The van der Waals surface area contributed by atoms with E-state index in [2.05, 4.69) is 10.1 Å². The lowest BCUT2D eigenvalue weighted by Gasteiger charge is -2.10. The molecule has 0 radical (unpaired) electrons. The maximum atomic E-state index is 11.3. The number of thiophene rings is 1. The first-order valence-electron chi connectivity index (χ1n) is 7.75. The Bertz CT molecular complexity index is 953. The number of phenolic OH excluding ortho intramolecular Hbond substituents is 1. The molecule has 3 rings (SSSR count). The van der Waals surface area contributed by atoms with Crippen LogP contribution in [0.15, 0.2) is 33.5 Å². The Morgan fingerprint density at radius 2 is 2.00 bits per heavy atom. The van der Waals surface area contributed by atoms with Gasteiger partial charge in [0.1, 0.15) is 0 Å². The topological polar surface area (TPSA) is 115 Å². The predicted molar refractivity (Wildman–Crippen MR) is 98.9 cm³/mol. The quantitative estimate of drug-likeness (QED) is 0.632. The lowest BCUT2D eigenvalue weighted by molar-refractivity contribution is -0.135. The van der Waals surface area contributed by atoms with Crippen LogP contribution in [0.5, 0.6) is 17.2 Å². The van der Waals surface area contributed by atoms with Crippen molar-refractivity contribution < 1.29 is 29.0 Å². The van der Waals surface area contributed by atoms with Gasteiger partial charge in [-0.2, -0.15) is 16.3 Å². The molecule has 0 bridgehead atoms. The van der Waals surface area contributed by atoms with Crippen molar-refractivity contribution in [2.75, 3.05) is 14.2 Å². The lowest BCUT2D eigenvalue weighted by atomic mass is 10.1. The molecule has 0 fully saturated rings. The molecular formula is C18H16N2O6S. The summed E-state index contributed by atoms with van der Waals surface area (Å²) in [6.07, 6.45) is 1.25. The molecule has 0 saturated heterocycles. The Hall–Kier alpha value is -3.33. The van der Waals surface area contributed by atoms with Crippen molar-refractivity contribution in [1.29, 1.82) is 0 Å². The zero-order valence-electron chi connectivity index (χ0n) is 14.5. The molecule has 0 aliphatic carbocycles. The molecule has 140 valence electrons. The zero-order chi connectivity index (χ0) is 19.4. The van der Waals surface area contributed by atoms with Gasteiger partial charge in [0.25, 0.3) is 5.89 Å². The van der Waals surface area contributed by atoms with Gasteiger partial charge < -0.3 is 24.2 Å². The van der Waals surface area contributed by atoms with Gasteiger partial charge in [-0.05, 0) is 35.2 Å². The van der Waals surface area contributed by atoms with E-state index in [-0.39, 0.29) is 29.6 Å². The number of aromatic nitrogens is 2. The Morgan fingerprint density at radius 1 is 1.30 bits per heavy atom. The maximum Gasteiger partial charge on any atom is 0.308 e. The van der Waals surface area contributed by atoms with Crippen molar-refractivity contribution in [2.24, 2.45) is 0 Å². The minimum Gasteiger partial charge on any atom is -0.502 e. The van der Waals surface area contributed by atoms with Crippen LogP contribution in [0.1, 0.15) is 17.9 Å². The first kappa shape index (κ1) is 18.5. The van der Waals surface area contributed by atoms with Gasteiger partial charge in [-0.25, -0.2) is 0 Å². The highest BCUT2D eigenvalue weighted by Crippen LogP contribution is 2.38. The molecule has 9 heteroatoms. The third kappa shape index (κ3) is 4.09. The summed E-state index contributed by atoms with van der Waals surface area (Å²) in [6.45, 7) is 0. The molecule has 0 spiro atoms. The summed E-state index contributed by atoms with van der Waals surface area (Å²) < 4.78 is 15.5. The van der Waals surface area contributed by atoms with Crippen LogP contribution in [0.4, 0.5) is 0 Å². The van der Waals surface area contributed by atoms with Crippen LogP contribution >= 0.6 is 11.3 Å². The third-order valence-corrected chi connectivity index (χ3v) is 4.35. The van der Waals surface area contributed by atoms with Crippen molar-refractivity contribution in [1.82, 2.24) is 10.1 Å². The molecule has 2 heterocycles. The van der Waals surface area contributed by atoms with Crippen molar-refractivity contribution in [3.05, 3.63) is 40.4 Å². The van der Waals surface area contributed by atoms with E-state index in [1.807, 2.05) is 16.8 Å². The smallest absolute Gasteiger partial charge is 0.308 e. The lowest BCUT2D eigenvalue weighted by Crippen LogP contribution is -1.98. The van der Waals surface area contributed by atoms with E-state index in [9.17, 15) is 15.0 Å². The highest BCUT2D eigenvalue weighted by atomic mass is 32.1. The van der Waals surface area contributed by atoms with Gasteiger partial charge in [0.2, 0.25) is 11.6 Å². The molecule has 8 nitrogen and oxygen atoms in total. The number of carboxylic acid groups (broad SMARTS) is 1. The zero-order valence-corrected chi connectivity index (χ0v) is 15.3. The first-order chi connectivity index (χ1) is 13.0. The number of aromatic hydroxyl groups is 1. The second-order valence-corrected chi connectivity index (χ2v) is 6.23. The molecule has 0 aliphatic heterocycles.